The second-order valence-electron chi connectivity index (χ2n) is 3.94. The van der Waals surface area contributed by atoms with Gasteiger partial charge in [0, 0.05) is 21.0 Å². The molecular weight excluding hydrogens is 254 g/mol. The lowest BCUT2D eigenvalue weighted by Gasteiger charge is -2.01. The van der Waals surface area contributed by atoms with E-state index < -0.39 is 23.1 Å². The molecule has 0 spiro atoms. The lowest BCUT2D eigenvalue weighted by atomic mass is 10.4. The van der Waals surface area contributed by atoms with E-state index in [1.807, 2.05) is 0 Å². The molecule has 2 heterocycles. The maximum Gasteiger partial charge on any atom is 0.394 e. The summed E-state index contributed by atoms with van der Waals surface area (Å²) in [7, 11) is 2.67. The van der Waals surface area contributed by atoms with Crippen molar-refractivity contribution >= 4 is 17.6 Å². The van der Waals surface area contributed by atoms with Gasteiger partial charge in [-0.2, -0.15) is 4.99 Å². The van der Waals surface area contributed by atoms with Crippen molar-refractivity contribution in [2.45, 2.75) is 6.92 Å². The van der Waals surface area contributed by atoms with Gasteiger partial charge >= 0.3 is 23.3 Å². The molecule has 9 nitrogen and oxygen atoms in total. The predicted octanol–water partition coefficient (Wildman–Crippen LogP) is -5.11. The van der Waals surface area contributed by atoms with E-state index in [2.05, 4.69) is 15.0 Å². The molecule has 0 saturated carbocycles. The molecule has 0 bridgehead atoms. The van der Waals surface area contributed by atoms with E-state index in [4.69, 9.17) is 0 Å². The molecule has 2 rings (SSSR count). The minimum absolute atomic E-state index is 0.0588. The Morgan fingerprint density at radius 2 is 1.74 bits per heavy atom. The first-order chi connectivity index (χ1) is 8.82. The summed E-state index contributed by atoms with van der Waals surface area (Å²) in [6, 6.07) is 0. The van der Waals surface area contributed by atoms with Gasteiger partial charge in [-0.15, -0.1) is 0 Å². The Morgan fingerprint density at radius 3 is 2.32 bits per heavy atom. The number of nitrogens with zero attached hydrogens (tertiary/aromatic N) is 4. The smallest absolute Gasteiger partial charge is 0.266 e. The van der Waals surface area contributed by atoms with Gasteiger partial charge < -0.3 is 0 Å². The van der Waals surface area contributed by atoms with E-state index >= 15 is 0 Å². The molecular formula is C10H10N5O4+. The van der Waals surface area contributed by atoms with Crippen molar-refractivity contribution in [3.8, 4) is 0 Å². The molecule has 0 saturated heterocycles. The van der Waals surface area contributed by atoms with Gasteiger partial charge in [-0.1, -0.05) is 0 Å². The first-order valence-corrected chi connectivity index (χ1v) is 5.25. The van der Waals surface area contributed by atoms with E-state index in [-0.39, 0.29) is 16.7 Å². The molecule has 1 aromatic heterocycles. The van der Waals surface area contributed by atoms with E-state index in [0.29, 0.717) is 0 Å². The number of carbonyl (C=O) groups is 2. The van der Waals surface area contributed by atoms with E-state index in [0.717, 1.165) is 9.13 Å². The minimum atomic E-state index is -0.835. The van der Waals surface area contributed by atoms with Gasteiger partial charge in [0.1, 0.15) is 0 Å². The molecule has 19 heavy (non-hydrogen) atoms. The molecule has 1 aliphatic heterocycles. The third-order valence-corrected chi connectivity index (χ3v) is 2.54. The Bertz CT molecular complexity index is 871. The molecule has 98 valence electrons. The third kappa shape index (κ3) is 1.94. The molecule has 0 atom stereocenters. The summed E-state index contributed by atoms with van der Waals surface area (Å²) in [4.78, 5) is 55.6. The normalized spacial score (nSPS) is 15.7. The molecule has 2 amide bonds. The van der Waals surface area contributed by atoms with Gasteiger partial charge in [0.25, 0.3) is 11.0 Å². The van der Waals surface area contributed by atoms with E-state index in [9.17, 15) is 19.2 Å². The van der Waals surface area contributed by atoms with Gasteiger partial charge in [0.05, 0.1) is 0 Å². The Hall–Kier alpha value is -2.71. The molecule has 0 aliphatic carbocycles. The summed E-state index contributed by atoms with van der Waals surface area (Å²) in [6.07, 6.45) is 0. The SMILES string of the molecule is CC(=O)[NH+]=C1N=c2c(c(=O)n(C)c(=O)n2C)=NC1=O. The number of aromatic nitrogens is 2. The Morgan fingerprint density at radius 1 is 1.11 bits per heavy atom. The van der Waals surface area contributed by atoms with Crippen LogP contribution in [0.15, 0.2) is 19.6 Å². The monoisotopic (exact) mass is 264 g/mol. The highest BCUT2D eigenvalue weighted by Crippen LogP contribution is 1.79. The first kappa shape index (κ1) is 12.7. The zero-order valence-electron chi connectivity index (χ0n) is 10.4. The third-order valence-electron chi connectivity index (χ3n) is 2.54. The molecule has 0 fully saturated rings. The van der Waals surface area contributed by atoms with Crippen LogP contribution in [0.25, 0.3) is 0 Å². The number of fused-ring (bicyclic) bond motifs is 1. The van der Waals surface area contributed by atoms with Crippen LogP contribution >= 0.6 is 0 Å². The van der Waals surface area contributed by atoms with Crippen LogP contribution in [0.4, 0.5) is 0 Å². The highest BCUT2D eigenvalue weighted by molar-refractivity contribution is 6.36. The standard InChI is InChI=1S/C10H9N5O4/c1-4(16)11-6-8(17)12-5-7(13-6)14(2)10(19)15(3)9(5)18/h1-3H3/p+1. The van der Waals surface area contributed by atoms with Crippen LogP contribution in [-0.2, 0) is 23.7 Å². The van der Waals surface area contributed by atoms with Crippen LogP contribution < -0.4 is 27.1 Å². The van der Waals surface area contributed by atoms with Crippen molar-refractivity contribution < 1.29 is 14.6 Å². The first-order valence-electron chi connectivity index (χ1n) is 5.25. The maximum atomic E-state index is 11.8. The second-order valence-corrected chi connectivity index (χ2v) is 3.94. The number of carbonyl (C=O) groups excluding carboxylic acids is 2. The number of amides is 2. The van der Waals surface area contributed by atoms with Gasteiger partial charge in [-0.3, -0.25) is 18.7 Å². The summed E-state index contributed by atoms with van der Waals surface area (Å²) in [5, 5.41) is -0.219. The fraction of sp³-hybridized carbons (Fsp3) is 0.300. The van der Waals surface area contributed by atoms with Crippen molar-refractivity contribution in [1.29, 1.82) is 0 Å². The number of hydrogen-bond acceptors (Lipinski definition) is 4. The Labute approximate surface area is 105 Å². The van der Waals surface area contributed by atoms with E-state index in [1.165, 1.54) is 21.0 Å². The highest BCUT2D eigenvalue weighted by atomic mass is 16.2. The summed E-state index contributed by atoms with van der Waals surface area (Å²) < 4.78 is 1.91. The predicted molar refractivity (Wildman–Crippen MR) is 60.9 cm³/mol. The van der Waals surface area contributed by atoms with Gasteiger partial charge in [0.2, 0.25) is 5.36 Å². The number of amidine groups is 1. The van der Waals surface area contributed by atoms with Crippen molar-refractivity contribution in [2.24, 2.45) is 24.1 Å². The topological polar surface area (TPSA) is 117 Å². The second kappa shape index (κ2) is 4.19. The summed E-state index contributed by atoms with van der Waals surface area (Å²) in [6.45, 7) is 1.20. The summed E-state index contributed by atoms with van der Waals surface area (Å²) >= 11 is 0. The van der Waals surface area contributed by atoms with Crippen LogP contribution in [0, 0.1) is 0 Å². The number of nitrogens with one attached hydrogen (secondary N) is 1. The molecule has 1 aliphatic rings. The average Bonchev–Trinajstić information content (AvgIpc) is 2.35. The number of rotatable bonds is 0. The van der Waals surface area contributed by atoms with Crippen LogP contribution in [0.3, 0.4) is 0 Å². The Kier molecular flexibility index (Phi) is 2.81. The van der Waals surface area contributed by atoms with Crippen LogP contribution in [-0.4, -0.2) is 26.8 Å². The Balaban J connectivity index is 3.01. The van der Waals surface area contributed by atoms with Crippen molar-refractivity contribution in [3.05, 3.63) is 31.7 Å². The molecule has 0 radical (unpaired) electrons. The minimum Gasteiger partial charge on any atom is -0.266 e. The van der Waals surface area contributed by atoms with E-state index in [1.54, 1.807) is 0 Å². The molecule has 1 aromatic rings. The fourth-order valence-corrected chi connectivity index (χ4v) is 1.60. The lowest BCUT2D eigenvalue weighted by Crippen LogP contribution is -2.78. The van der Waals surface area contributed by atoms with Gasteiger partial charge in [-0.05, 0) is 4.99 Å². The molecule has 0 aromatic carbocycles. The summed E-state index contributed by atoms with van der Waals surface area (Å²) in [5.74, 6) is -1.65. The number of hydrogen-bond donors (Lipinski definition) is 1. The van der Waals surface area contributed by atoms with Gasteiger partial charge in [-0.25, -0.2) is 14.6 Å². The average molecular weight is 264 g/mol. The zero-order chi connectivity index (χ0) is 14.3. The molecule has 1 N–H and O–H groups in total. The highest BCUT2D eigenvalue weighted by Gasteiger charge is 2.26. The lowest BCUT2D eigenvalue weighted by molar-refractivity contribution is -0.375. The van der Waals surface area contributed by atoms with Gasteiger partial charge in [0.15, 0.2) is 0 Å². The maximum absolute atomic E-state index is 11.8. The molecule has 9 heteroatoms. The van der Waals surface area contributed by atoms with Crippen LogP contribution in [0.5, 0.6) is 0 Å². The van der Waals surface area contributed by atoms with Crippen molar-refractivity contribution in [2.75, 3.05) is 0 Å². The zero-order valence-corrected chi connectivity index (χ0v) is 10.4. The molecule has 0 unspecified atom stereocenters. The fourth-order valence-electron chi connectivity index (χ4n) is 1.60. The van der Waals surface area contributed by atoms with Crippen LogP contribution in [0.2, 0.25) is 0 Å². The van der Waals surface area contributed by atoms with Crippen molar-refractivity contribution in [3.63, 3.8) is 0 Å². The summed E-state index contributed by atoms with van der Waals surface area (Å²) in [5.41, 5.74) is -1.37. The van der Waals surface area contributed by atoms with Crippen molar-refractivity contribution in [1.82, 2.24) is 9.13 Å². The quantitative estimate of drug-likeness (QED) is 0.504. The largest absolute Gasteiger partial charge is 0.394 e. The van der Waals surface area contributed by atoms with Crippen LogP contribution in [0.1, 0.15) is 6.92 Å².